The van der Waals surface area contributed by atoms with Crippen LogP contribution in [0.4, 0.5) is 11.4 Å². The molecule has 13 heteroatoms. The Balaban J connectivity index is 1.29. The second-order valence-electron chi connectivity index (χ2n) is 12.8. The van der Waals surface area contributed by atoms with Crippen LogP contribution in [-0.4, -0.2) is 42.8 Å². The first-order valence-corrected chi connectivity index (χ1v) is 18.8. The number of benzene rings is 4. The molecule has 0 atom stereocenters. The van der Waals surface area contributed by atoms with Gasteiger partial charge in [0, 0.05) is 29.6 Å². The fourth-order valence-corrected chi connectivity index (χ4v) is 6.70. The van der Waals surface area contributed by atoms with Crippen molar-refractivity contribution >= 4 is 39.8 Å². The van der Waals surface area contributed by atoms with Crippen molar-refractivity contribution in [2.45, 2.75) is 89.0 Å². The lowest BCUT2D eigenvalue weighted by Crippen LogP contribution is -2.14. The molecule has 1 amide bonds. The number of fused-ring (bicyclic) bond motifs is 1. The summed E-state index contributed by atoms with van der Waals surface area (Å²) in [5.41, 5.74) is 1.78. The van der Waals surface area contributed by atoms with E-state index < -0.39 is 10.8 Å². The number of rotatable bonds is 20. The number of carbonyl (C=O) groups is 1. The smallest absolute Gasteiger partial charge is 0.311 e. The third-order valence-electron chi connectivity index (χ3n) is 8.75. The summed E-state index contributed by atoms with van der Waals surface area (Å²) in [7, 11) is 1.71. The van der Waals surface area contributed by atoms with Crippen LogP contribution in [0.15, 0.2) is 71.9 Å². The van der Waals surface area contributed by atoms with Crippen molar-refractivity contribution in [3.8, 4) is 23.0 Å². The number of aromatic nitrogens is 4. The molecule has 5 aromatic rings. The number of phenols is 1. The van der Waals surface area contributed by atoms with Crippen molar-refractivity contribution in [3.63, 3.8) is 0 Å². The van der Waals surface area contributed by atoms with Gasteiger partial charge in [-0.25, -0.2) is 4.68 Å². The Morgan fingerprint density at radius 1 is 0.904 bits per heavy atom. The largest absolute Gasteiger partial charge is 0.506 e. The molecule has 12 nitrogen and oxygen atoms in total. The molecule has 1 aromatic heterocycles. The van der Waals surface area contributed by atoms with Gasteiger partial charge in [0.05, 0.1) is 22.8 Å². The molecule has 0 radical (unpaired) electrons. The first-order chi connectivity index (χ1) is 25.2. The number of aromatic hydroxyl groups is 1. The molecule has 0 aliphatic rings. The van der Waals surface area contributed by atoms with E-state index in [-0.39, 0.29) is 28.5 Å². The van der Waals surface area contributed by atoms with Crippen LogP contribution in [0.5, 0.6) is 23.0 Å². The summed E-state index contributed by atoms with van der Waals surface area (Å²) in [6, 6.07) is 18.6. The normalized spacial score (nSPS) is 11.1. The number of nitrogens with one attached hydrogen (secondary N) is 1. The number of hydrogen-bond acceptors (Lipinski definition) is 10. The predicted molar refractivity (Wildman–Crippen MR) is 204 cm³/mol. The lowest BCUT2D eigenvalue weighted by atomic mass is 10.0. The van der Waals surface area contributed by atoms with Gasteiger partial charge in [-0.2, -0.15) is 0 Å². The standard InChI is InChI=1S/C39H46N6O6S/c1-4-5-6-7-8-9-10-11-12-15-22-50-34-20-18-27(2)23-32(34)40-38(47)31-25-36(29-16-13-14-17-30(29)37(31)46)51-35-21-19-28(24-33(35)45(48)49)26-52-39-41-42-43-44(39)3/h13-14,16-21,23-25,46H,4-12,15,22,26H2,1-3H3,(H,40,47). The number of tetrazole rings is 1. The molecule has 0 unspecified atom stereocenters. The van der Waals surface area contributed by atoms with Crippen LogP contribution >= 0.6 is 11.8 Å². The highest BCUT2D eigenvalue weighted by Crippen LogP contribution is 2.41. The fraction of sp³-hybridized carbons (Fsp3) is 0.385. The lowest BCUT2D eigenvalue weighted by molar-refractivity contribution is -0.385. The Hall–Kier alpha value is -5.17. The third kappa shape index (κ3) is 10.2. The van der Waals surface area contributed by atoms with Crippen molar-refractivity contribution in [1.82, 2.24) is 20.2 Å². The number of anilines is 1. The number of phenolic OH excluding ortho intramolecular Hbond substituents is 1. The number of aryl methyl sites for hydroxylation is 2. The number of hydrogen-bond donors (Lipinski definition) is 2. The zero-order chi connectivity index (χ0) is 36.9. The maximum atomic E-state index is 13.8. The average Bonchev–Trinajstić information content (AvgIpc) is 3.56. The van der Waals surface area contributed by atoms with Crippen LogP contribution in [0.1, 0.15) is 92.6 Å². The SMILES string of the molecule is CCCCCCCCCCCCOc1ccc(C)cc1NC(=O)c1cc(Oc2ccc(CSc3nnnn3C)cc2[N+](=O)[O-])c2ccccc2c1O. The van der Waals surface area contributed by atoms with E-state index in [9.17, 15) is 20.0 Å². The molecule has 4 aromatic carbocycles. The van der Waals surface area contributed by atoms with Crippen molar-refractivity contribution in [2.75, 3.05) is 11.9 Å². The highest BCUT2D eigenvalue weighted by atomic mass is 32.2. The van der Waals surface area contributed by atoms with Gasteiger partial charge < -0.3 is 19.9 Å². The molecule has 0 fully saturated rings. The Morgan fingerprint density at radius 3 is 2.29 bits per heavy atom. The first kappa shape index (κ1) is 38.1. The lowest BCUT2D eigenvalue weighted by Gasteiger charge is -2.16. The first-order valence-electron chi connectivity index (χ1n) is 17.8. The Morgan fingerprint density at radius 2 is 1.60 bits per heavy atom. The zero-order valence-corrected chi connectivity index (χ0v) is 30.8. The molecule has 0 aliphatic heterocycles. The van der Waals surface area contributed by atoms with Crippen LogP contribution in [0.2, 0.25) is 0 Å². The second kappa shape index (κ2) is 18.9. The number of thioether (sulfide) groups is 1. The molecular formula is C39H46N6O6S. The Kier molecular flexibility index (Phi) is 13.8. The summed E-state index contributed by atoms with van der Waals surface area (Å²) in [5.74, 6) is 0.281. The van der Waals surface area contributed by atoms with E-state index in [0.717, 1.165) is 18.4 Å². The predicted octanol–water partition coefficient (Wildman–Crippen LogP) is 9.92. The van der Waals surface area contributed by atoms with Crippen LogP contribution in [-0.2, 0) is 12.8 Å². The highest BCUT2D eigenvalue weighted by Gasteiger charge is 2.23. The van der Waals surface area contributed by atoms with Crippen molar-refractivity contribution in [1.29, 1.82) is 0 Å². The molecule has 0 aliphatic carbocycles. The topological polar surface area (TPSA) is 155 Å². The number of unbranched alkanes of at least 4 members (excludes halogenated alkanes) is 9. The number of amides is 1. The van der Waals surface area contributed by atoms with Gasteiger partial charge in [-0.15, -0.1) is 5.10 Å². The zero-order valence-electron chi connectivity index (χ0n) is 30.0. The summed E-state index contributed by atoms with van der Waals surface area (Å²) in [5, 5.41) is 39.1. The van der Waals surface area contributed by atoms with E-state index >= 15 is 0 Å². The molecule has 1 heterocycles. The summed E-state index contributed by atoms with van der Waals surface area (Å²) < 4.78 is 13.8. The number of ether oxygens (including phenoxy) is 2. The Bertz CT molecular complexity index is 1980. The number of nitro benzene ring substituents is 1. The van der Waals surface area contributed by atoms with E-state index in [4.69, 9.17) is 9.47 Å². The summed E-state index contributed by atoms with van der Waals surface area (Å²) >= 11 is 1.34. The minimum Gasteiger partial charge on any atom is -0.506 e. The number of nitro groups is 1. The molecule has 52 heavy (non-hydrogen) atoms. The molecule has 0 saturated carbocycles. The van der Waals surface area contributed by atoms with Crippen LogP contribution in [0.25, 0.3) is 10.8 Å². The quantitative estimate of drug-likeness (QED) is 0.0343. The maximum absolute atomic E-state index is 13.8. The van der Waals surface area contributed by atoms with Crippen LogP contribution in [0.3, 0.4) is 0 Å². The minimum atomic E-state index is -0.581. The molecule has 274 valence electrons. The van der Waals surface area contributed by atoms with Gasteiger partial charge in [0.2, 0.25) is 10.9 Å². The van der Waals surface area contributed by atoms with E-state index in [1.807, 2.05) is 25.1 Å². The molecule has 0 spiro atoms. The number of nitrogens with zero attached hydrogens (tertiary/aromatic N) is 5. The second-order valence-corrected chi connectivity index (χ2v) is 13.8. The number of carbonyl (C=O) groups excluding carboxylic acids is 1. The Labute approximate surface area is 308 Å². The van der Waals surface area contributed by atoms with Gasteiger partial charge in [-0.05, 0) is 59.2 Å². The van der Waals surface area contributed by atoms with Crippen LogP contribution in [0, 0.1) is 17.0 Å². The van der Waals surface area contributed by atoms with Crippen LogP contribution < -0.4 is 14.8 Å². The molecule has 0 saturated heterocycles. The van der Waals surface area contributed by atoms with Crippen molar-refractivity contribution in [2.24, 2.45) is 7.05 Å². The third-order valence-corrected chi connectivity index (χ3v) is 9.83. The van der Waals surface area contributed by atoms with Gasteiger partial charge in [-0.3, -0.25) is 14.9 Å². The van der Waals surface area contributed by atoms with E-state index in [0.29, 0.717) is 45.3 Å². The molecule has 0 bridgehead atoms. The van der Waals surface area contributed by atoms with Crippen molar-refractivity contribution in [3.05, 3.63) is 93.5 Å². The van der Waals surface area contributed by atoms with Gasteiger partial charge in [0.1, 0.15) is 17.2 Å². The average molecular weight is 727 g/mol. The minimum absolute atomic E-state index is 0.0115. The maximum Gasteiger partial charge on any atom is 0.311 e. The fourth-order valence-electron chi connectivity index (χ4n) is 5.90. The highest BCUT2D eigenvalue weighted by molar-refractivity contribution is 7.98. The summed E-state index contributed by atoms with van der Waals surface area (Å²) in [4.78, 5) is 25.5. The van der Waals surface area contributed by atoms with Gasteiger partial charge in [-0.1, -0.05) is 113 Å². The van der Waals surface area contributed by atoms with E-state index in [1.54, 1.807) is 37.4 Å². The summed E-state index contributed by atoms with van der Waals surface area (Å²) in [6.45, 7) is 4.68. The molecule has 5 rings (SSSR count). The monoisotopic (exact) mass is 726 g/mol. The van der Waals surface area contributed by atoms with Gasteiger partial charge in [0.15, 0.2) is 0 Å². The van der Waals surface area contributed by atoms with E-state index in [1.165, 1.54) is 86.0 Å². The van der Waals surface area contributed by atoms with Gasteiger partial charge >= 0.3 is 5.69 Å². The van der Waals surface area contributed by atoms with Crippen molar-refractivity contribution < 1.29 is 24.3 Å². The summed E-state index contributed by atoms with van der Waals surface area (Å²) in [6.07, 6.45) is 12.2. The molecule has 2 N–H and O–H groups in total. The molecular weight excluding hydrogens is 681 g/mol. The van der Waals surface area contributed by atoms with Gasteiger partial charge in [0.25, 0.3) is 5.91 Å². The van der Waals surface area contributed by atoms with E-state index in [2.05, 4.69) is 27.8 Å².